The smallest absolute Gasteiger partial charge is 0.269 e. The van der Waals surface area contributed by atoms with Crippen LogP contribution in [0.15, 0.2) is 59.8 Å². The number of aromatic nitrogens is 5. The normalized spacial score (nSPS) is 10.9. The highest BCUT2D eigenvalue weighted by Gasteiger charge is 2.17. The highest BCUT2D eigenvalue weighted by atomic mass is 32.2. The fourth-order valence-electron chi connectivity index (χ4n) is 2.85. The van der Waals surface area contributed by atoms with Crippen LogP contribution in [-0.4, -0.2) is 41.5 Å². The molecule has 0 aliphatic carbocycles. The number of hydrogen-bond donors (Lipinski definition) is 2. The zero-order chi connectivity index (χ0) is 22.0. The molecule has 156 valence electrons. The molecule has 0 aliphatic rings. The molecule has 0 atom stereocenters. The summed E-state index contributed by atoms with van der Waals surface area (Å²) in [4.78, 5) is 22.6. The number of H-pyrrole nitrogens is 1. The number of nitrogens with two attached hydrogens (primary N) is 1. The van der Waals surface area contributed by atoms with Crippen molar-refractivity contribution in [1.82, 2.24) is 25.1 Å². The van der Waals surface area contributed by atoms with E-state index in [-0.39, 0.29) is 17.2 Å². The van der Waals surface area contributed by atoms with E-state index in [1.807, 2.05) is 37.3 Å². The van der Waals surface area contributed by atoms with Crippen molar-refractivity contribution in [3.8, 4) is 22.8 Å². The lowest BCUT2D eigenvalue weighted by atomic mass is 10.1. The van der Waals surface area contributed by atoms with Gasteiger partial charge in [-0.25, -0.2) is 4.68 Å². The Morgan fingerprint density at radius 3 is 2.55 bits per heavy atom. The second-order valence-electron chi connectivity index (χ2n) is 6.72. The summed E-state index contributed by atoms with van der Waals surface area (Å²) < 4.78 is 1.29. The summed E-state index contributed by atoms with van der Waals surface area (Å²) in [6, 6.07) is 15.2. The van der Waals surface area contributed by atoms with E-state index < -0.39 is 4.92 Å². The minimum Gasteiger partial charge on any atom is -0.335 e. The molecule has 0 fully saturated rings. The lowest BCUT2D eigenvalue weighted by molar-refractivity contribution is -0.384. The molecule has 0 saturated heterocycles. The molecule has 10 nitrogen and oxygen atoms in total. The summed E-state index contributed by atoms with van der Waals surface area (Å²) in [7, 11) is 0. The van der Waals surface area contributed by atoms with E-state index in [2.05, 4.69) is 20.4 Å². The van der Waals surface area contributed by atoms with Crippen LogP contribution in [0.3, 0.4) is 0 Å². The van der Waals surface area contributed by atoms with E-state index in [0.29, 0.717) is 22.2 Å². The maximum Gasteiger partial charge on any atom is 0.269 e. The van der Waals surface area contributed by atoms with Crippen LogP contribution in [0.1, 0.15) is 15.9 Å². The molecule has 4 rings (SSSR count). The third-order valence-electron chi connectivity index (χ3n) is 4.56. The molecule has 0 saturated carbocycles. The molecule has 0 spiro atoms. The number of carbonyl (C=O) groups is 1. The summed E-state index contributed by atoms with van der Waals surface area (Å²) in [5, 5.41) is 26.4. The zero-order valence-corrected chi connectivity index (χ0v) is 17.2. The topological polar surface area (TPSA) is 146 Å². The molecule has 2 heterocycles. The number of non-ortho nitro benzene ring substituents is 1. The van der Waals surface area contributed by atoms with Gasteiger partial charge in [-0.2, -0.15) is 5.10 Å². The molecular formula is C20H17N7O3S. The molecule has 0 amide bonds. The Balaban J connectivity index is 1.45. The fourth-order valence-corrected chi connectivity index (χ4v) is 3.60. The van der Waals surface area contributed by atoms with E-state index in [1.54, 1.807) is 0 Å². The minimum absolute atomic E-state index is 0.0603. The van der Waals surface area contributed by atoms with Crippen molar-refractivity contribution in [2.75, 3.05) is 11.6 Å². The van der Waals surface area contributed by atoms with Gasteiger partial charge in [0.15, 0.2) is 5.78 Å². The van der Waals surface area contributed by atoms with Gasteiger partial charge < -0.3 is 5.84 Å². The second-order valence-corrected chi connectivity index (χ2v) is 7.67. The number of nitro groups is 1. The summed E-state index contributed by atoms with van der Waals surface area (Å²) >= 11 is 1.13. The fraction of sp³-hybridized carbons (Fsp3) is 0.100. The van der Waals surface area contributed by atoms with Crippen LogP contribution in [0.5, 0.6) is 0 Å². The minimum atomic E-state index is -0.513. The maximum atomic E-state index is 12.4. The molecule has 31 heavy (non-hydrogen) atoms. The van der Waals surface area contributed by atoms with Gasteiger partial charge in [0.2, 0.25) is 11.0 Å². The molecule has 0 radical (unpaired) electrons. The number of nitrogens with zero attached hydrogens (tertiary/aromatic N) is 5. The number of ketones is 1. The van der Waals surface area contributed by atoms with E-state index in [1.165, 1.54) is 28.9 Å². The van der Waals surface area contributed by atoms with Gasteiger partial charge in [-0.05, 0) is 25.1 Å². The van der Waals surface area contributed by atoms with Crippen LogP contribution in [-0.2, 0) is 0 Å². The third kappa shape index (κ3) is 4.31. The van der Waals surface area contributed by atoms with Gasteiger partial charge in [-0.1, -0.05) is 41.6 Å². The predicted octanol–water partition coefficient (Wildman–Crippen LogP) is 3.24. The predicted molar refractivity (Wildman–Crippen MR) is 116 cm³/mol. The molecular weight excluding hydrogens is 418 g/mol. The average Bonchev–Trinajstić information content (AvgIpc) is 3.39. The Morgan fingerprint density at radius 1 is 1.16 bits per heavy atom. The van der Waals surface area contributed by atoms with Crippen LogP contribution in [0.2, 0.25) is 0 Å². The largest absolute Gasteiger partial charge is 0.335 e. The first-order valence-corrected chi connectivity index (χ1v) is 10.1. The van der Waals surface area contributed by atoms with Crippen LogP contribution >= 0.6 is 11.8 Å². The number of Topliss-reactive ketones (excluding diaryl/α,β-unsaturated/α-hetero) is 1. The van der Waals surface area contributed by atoms with Gasteiger partial charge in [0.05, 0.1) is 16.4 Å². The molecule has 0 bridgehead atoms. The molecule has 3 N–H and O–H groups in total. The number of thioether (sulfide) groups is 1. The first-order valence-electron chi connectivity index (χ1n) is 9.16. The second kappa shape index (κ2) is 8.40. The standard InChI is InChI=1S/C20H17N7O3S/c1-12-2-4-13(5-3-12)16-10-17(23-22-16)19-24-25-20(26(19)21)31-11-18(28)14-6-8-15(9-7-14)27(29)30/h2-10H,11,21H2,1H3,(H,22,23). The number of rotatable bonds is 7. The average molecular weight is 435 g/mol. The number of nitro benzene ring substituents is 1. The highest BCUT2D eigenvalue weighted by molar-refractivity contribution is 7.99. The van der Waals surface area contributed by atoms with Crippen molar-refractivity contribution < 1.29 is 9.72 Å². The van der Waals surface area contributed by atoms with Gasteiger partial charge >= 0.3 is 0 Å². The number of benzene rings is 2. The van der Waals surface area contributed by atoms with Crippen LogP contribution in [0, 0.1) is 17.0 Å². The van der Waals surface area contributed by atoms with Gasteiger partial charge in [-0.15, -0.1) is 10.2 Å². The van der Waals surface area contributed by atoms with Gasteiger partial charge in [-0.3, -0.25) is 20.0 Å². The van der Waals surface area contributed by atoms with Crippen LogP contribution in [0.25, 0.3) is 22.8 Å². The number of aromatic amines is 1. The summed E-state index contributed by atoms with van der Waals surface area (Å²) in [6.45, 7) is 2.02. The Hall–Kier alpha value is -3.99. The Morgan fingerprint density at radius 2 is 1.87 bits per heavy atom. The maximum absolute atomic E-state index is 12.4. The number of hydrogen-bond acceptors (Lipinski definition) is 8. The quantitative estimate of drug-likeness (QED) is 0.148. The first-order chi connectivity index (χ1) is 14.9. The van der Waals surface area contributed by atoms with Gasteiger partial charge in [0.1, 0.15) is 5.69 Å². The van der Waals surface area contributed by atoms with Gasteiger partial charge in [0.25, 0.3) is 5.69 Å². The lowest BCUT2D eigenvalue weighted by Gasteiger charge is -2.02. The molecule has 2 aromatic heterocycles. The van der Waals surface area contributed by atoms with Crippen molar-refractivity contribution in [2.24, 2.45) is 0 Å². The number of nitrogen functional groups attached to an aromatic ring is 1. The molecule has 0 unspecified atom stereocenters. The Kier molecular flexibility index (Phi) is 5.50. The van der Waals surface area contributed by atoms with E-state index in [9.17, 15) is 14.9 Å². The molecule has 0 aliphatic heterocycles. The zero-order valence-electron chi connectivity index (χ0n) is 16.3. The van der Waals surface area contributed by atoms with Crippen LogP contribution in [0.4, 0.5) is 5.69 Å². The van der Waals surface area contributed by atoms with Crippen molar-refractivity contribution in [2.45, 2.75) is 12.1 Å². The Bertz CT molecular complexity index is 1250. The molecule has 4 aromatic rings. The van der Waals surface area contributed by atoms with Crippen molar-refractivity contribution in [1.29, 1.82) is 0 Å². The monoisotopic (exact) mass is 435 g/mol. The third-order valence-corrected chi connectivity index (χ3v) is 5.51. The number of carbonyl (C=O) groups excluding carboxylic acids is 1. The van der Waals surface area contributed by atoms with Crippen molar-refractivity contribution in [3.05, 3.63) is 75.8 Å². The van der Waals surface area contributed by atoms with Crippen molar-refractivity contribution in [3.63, 3.8) is 0 Å². The summed E-state index contributed by atoms with van der Waals surface area (Å²) in [5.41, 5.74) is 3.77. The van der Waals surface area contributed by atoms with Crippen LogP contribution < -0.4 is 5.84 Å². The molecule has 2 aromatic carbocycles. The lowest BCUT2D eigenvalue weighted by Crippen LogP contribution is -2.13. The Labute approximate surface area is 180 Å². The van der Waals surface area contributed by atoms with Crippen molar-refractivity contribution >= 4 is 23.2 Å². The highest BCUT2D eigenvalue weighted by Crippen LogP contribution is 2.25. The first kappa shape index (κ1) is 20.3. The SMILES string of the molecule is Cc1ccc(-c2cc(-c3nnc(SCC(=O)c4ccc([N+](=O)[O-])cc4)n3N)[nH]n2)cc1. The molecule has 11 heteroatoms. The summed E-state index contributed by atoms with van der Waals surface area (Å²) in [5.74, 6) is 6.36. The van der Waals surface area contributed by atoms with Gasteiger partial charge in [0, 0.05) is 23.3 Å². The number of aryl methyl sites for hydroxylation is 1. The van der Waals surface area contributed by atoms with E-state index >= 15 is 0 Å². The van der Waals surface area contributed by atoms with E-state index in [0.717, 1.165) is 28.6 Å². The number of nitrogens with one attached hydrogen (secondary N) is 1. The van der Waals surface area contributed by atoms with E-state index in [4.69, 9.17) is 5.84 Å². The summed E-state index contributed by atoms with van der Waals surface area (Å²) in [6.07, 6.45) is 0.